The number of amides is 1. The first-order chi connectivity index (χ1) is 14.2. The Balaban J connectivity index is 1.68. The number of para-hydroxylation sites is 2. The summed E-state index contributed by atoms with van der Waals surface area (Å²) in [4.78, 5) is 18.0. The second kappa shape index (κ2) is 8.64. The van der Waals surface area contributed by atoms with Crippen molar-refractivity contribution in [3.8, 4) is 0 Å². The smallest absolute Gasteiger partial charge is 0.252 e. The average Bonchev–Trinajstić information content (AvgIpc) is 2.75. The molecule has 0 radical (unpaired) electrons. The molecule has 1 fully saturated rings. The van der Waals surface area contributed by atoms with E-state index in [4.69, 9.17) is 4.98 Å². The number of hydrogen-bond acceptors (Lipinski definition) is 3. The molecule has 1 aliphatic rings. The van der Waals surface area contributed by atoms with Crippen LogP contribution in [0.2, 0.25) is 0 Å². The molecule has 4 rings (SSSR count). The lowest BCUT2D eigenvalue weighted by atomic mass is 9.86. The summed E-state index contributed by atoms with van der Waals surface area (Å²) in [5.74, 6) is 1.22. The van der Waals surface area contributed by atoms with Crippen LogP contribution >= 0.6 is 0 Å². The van der Waals surface area contributed by atoms with Crippen molar-refractivity contribution in [1.82, 2.24) is 10.3 Å². The summed E-state index contributed by atoms with van der Waals surface area (Å²) in [6.45, 7) is 4.38. The molecular weight excluding hydrogens is 358 g/mol. The topological polar surface area (TPSA) is 54.0 Å². The van der Waals surface area contributed by atoms with Crippen molar-refractivity contribution in [2.75, 3.05) is 5.32 Å². The number of anilines is 2. The van der Waals surface area contributed by atoms with E-state index >= 15 is 0 Å². The van der Waals surface area contributed by atoms with Gasteiger partial charge in [-0.3, -0.25) is 4.79 Å². The Morgan fingerprint density at radius 3 is 2.66 bits per heavy atom. The van der Waals surface area contributed by atoms with Gasteiger partial charge in [-0.2, -0.15) is 0 Å². The number of nitrogens with zero attached hydrogens (tertiary/aromatic N) is 1. The zero-order valence-electron chi connectivity index (χ0n) is 17.2. The molecule has 1 aromatic heterocycles. The molecule has 3 aromatic rings. The van der Waals surface area contributed by atoms with Crippen LogP contribution in [0.3, 0.4) is 0 Å². The van der Waals surface area contributed by atoms with Crippen molar-refractivity contribution < 1.29 is 4.79 Å². The fraction of sp³-hybridized carbons (Fsp3) is 0.360. The molecule has 1 amide bonds. The van der Waals surface area contributed by atoms with Gasteiger partial charge in [-0.1, -0.05) is 63.1 Å². The van der Waals surface area contributed by atoms with Crippen molar-refractivity contribution in [3.63, 3.8) is 0 Å². The maximum absolute atomic E-state index is 13.2. The second-order valence-electron chi connectivity index (χ2n) is 8.05. The van der Waals surface area contributed by atoms with E-state index in [1.54, 1.807) is 0 Å². The molecule has 2 atom stereocenters. The van der Waals surface area contributed by atoms with Gasteiger partial charge in [0.05, 0.1) is 11.1 Å². The van der Waals surface area contributed by atoms with Crippen molar-refractivity contribution in [1.29, 1.82) is 0 Å². The van der Waals surface area contributed by atoms with Gasteiger partial charge in [0.15, 0.2) is 0 Å². The van der Waals surface area contributed by atoms with Gasteiger partial charge in [-0.05, 0) is 48.9 Å². The van der Waals surface area contributed by atoms with Crippen LogP contribution in [-0.2, 0) is 6.42 Å². The largest absolute Gasteiger partial charge is 0.349 e. The molecule has 4 heteroatoms. The third kappa shape index (κ3) is 4.26. The Hall–Kier alpha value is -2.88. The Morgan fingerprint density at radius 1 is 1.07 bits per heavy atom. The van der Waals surface area contributed by atoms with Gasteiger partial charge in [0, 0.05) is 17.1 Å². The third-order valence-corrected chi connectivity index (χ3v) is 6.05. The van der Waals surface area contributed by atoms with Crippen LogP contribution in [0.25, 0.3) is 10.9 Å². The number of aromatic nitrogens is 1. The summed E-state index contributed by atoms with van der Waals surface area (Å²) in [5, 5.41) is 7.62. The van der Waals surface area contributed by atoms with E-state index in [1.807, 2.05) is 42.5 Å². The molecule has 0 saturated heterocycles. The predicted molar refractivity (Wildman–Crippen MR) is 120 cm³/mol. The monoisotopic (exact) mass is 387 g/mol. The van der Waals surface area contributed by atoms with E-state index in [0.717, 1.165) is 29.4 Å². The minimum atomic E-state index is -0.00539. The van der Waals surface area contributed by atoms with Crippen molar-refractivity contribution >= 4 is 28.3 Å². The molecule has 1 saturated carbocycles. The minimum Gasteiger partial charge on any atom is -0.349 e. The van der Waals surface area contributed by atoms with Gasteiger partial charge in [-0.25, -0.2) is 4.98 Å². The van der Waals surface area contributed by atoms with Gasteiger partial charge >= 0.3 is 0 Å². The fourth-order valence-corrected chi connectivity index (χ4v) is 4.29. The summed E-state index contributed by atoms with van der Waals surface area (Å²) >= 11 is 0. The van der Waals surface area contributed by atoms with Crippen LogP contribution in [-0.4, -0.2) is 16.9 Å². The van der Waals surface area contributed by atoms with Crippen molar-refractivity contribution in [2.24, 2.45) is 5.92 Å². The molecule has 2 N–H and O–H groups in total. The highest BCUT2D eigenvalue weighted by atomic mass is 16.1. The highest BCUT2D eigenvalue weighted by Gasteiger charge is 2.24. The lowest BCUT2D eigenvalue weighted by Gasteiger charge is -2.29. The Kier molecular flexibility index (Phi) is 5.79. The van der Waals surface area contributed by atoms with E-state index in [2.05, 4.69) is 36.6 Å². The van der Waals surface area contributed by atoms with Crippen LogP contribution in [0.1, 0.15) is 55.5 Å². The van der Waals surface area contributed by atoms with Gasteiger partial charge in [0.25, 0.3) is 5.91 Å². The second-order valence-corrected chi connectivity index (χ2v) is 8.05. The molecule has 0 unspecified atom stereocenters. The lowest BCUT2D eigenvalue weighted by Crippen LogP contribution is -2.41. The molecule has 0 bridgehead atoms. The number of pyridine rings is 1. The van der Waals surface area contributed by atoms with E-state index in [9.17, 15) is 4.79 Å². The molecule has 2 aromatic carbocycles. The quantitative estimate of drug-likeness (QED) is 0.577. The first-order valence-corrected chi connectivity index (χ1v) is 10.7. The van der Waals surface area contributed by atoms with E-state index < -0.39 is 0 Å². The van der Waals surface area contributed by atoms with Crippen LogP contribution in [0.5, 0.6) is 0 Å². The first-order valence-electron chi connectivity index (χ1n) is 10.7. The standard InChI is InChI=1S/C25H29N3O/c1-3-18-11-5-8-14-22(18)26-24-16-20(19-12-6-9-15-23(19)27-24)25(29)28-21-13-7-4-10-17(21)2/h5-6,8-9,11-12,14-17,21H,3-4,7,10,13H2,1-2H3,(H,26,27)(H,28,29)/t17-,21+/m1/s1. The molecule has 1 heterocycles. The normalized spacial score (nSPS) is 19.1. The fourth-order valence-electron chi connectivity index (χ4n) is 4.29. The van der Waals surface area contributed by atoms with Crippen LogP contribution < -0.4 is 10.6 Å². The summed E-state index contributed by atoms with van der Waals surface area (Å²) < 4.78 is 0. The third-order valence-electron chi connectivity index (χ3n) is 6.05. The molecular formula is C25H29N3O. The van der Waals surface area contributed by atoms with Gasteiger partial charge in [0.1, 0.15) is 5.82 Å². The number of nitrogens with one attached hydrogen (secondary N) is 2. The van der Waals surface area contributed by atoms with Gasteiger partial charge in [-0.15, -0.1) is 0 Å². The number of carbonyl (C=O) groups is 1. The Bertz CT molecular complexity index is 1010. The van der Waals surface area contributed by atoms with Crippen molar-refractivity contribution in [3.05, 3.63) is 65.7 Å². The summed E-state index contributed by atoms with van der Waals surface area (Å²) in [6, 6.07) is 18.2. The Morgan fingerprint density at radius 2 is 1.83 bits per heavy atom. The van der Waals surface area contributed by atoms with Gasteiger partial charge in [0.2, 0.25) is 0 Å². The zero-order valence-corrected chi connectivity index (χ0v) is 17.2. The number of hydrogen-bond donors (Lipinski definition) is 2. The van der Waals surface area contributed by atoms with Crippen molar-refractivity contribution in [2.45, 2.75) is 52.0 Å². The number of carbonyl (C=O) groups excluding carboxylic acids is 1. The number of rotatable bonds is 5. The lowest BCUT2D eigenvalue weighted by molar-refractivity contribution is 0.0912. The summed E-state index contributed by atoms with van der Waals surface area (Å²) in [5.41, 5.74) is 3.77. The van der Waals surface area contributed by atoms with Gasteiger partial charge < -0.3 is 10.6 Å². The van der Waals surface area contributed by atoms with Crippen LogP contribution in [0, 0.1) is 5.92 Å². The number of benzene rings is 2. The number of fused-ring (bicyclic) bond motifs is 1. The van der Waals surface area contributed by atoms with E-state index in [-0.39, 0.29) is 11.9 Å². The van der Waals surface area contributed by atoms with Crippen LogP contribution in [0.4, 0.5) is 11.5 Å². The zero-order chi connectivity index (χ0) is 20.2. The molecule has 4 nitrogen and oxygen atoms in total. The molecule has 1 aliphatic carbocycles. The highest BCUT2D eigenvalue weighted by molar-refractivity contribution is 6.07. The average molecular weight is 388 g/mol. The van der Waals surface area contributed by atoms with Crippen LogP contribution in [0.15, 0.2) is 54.6 Å². The maximum Gasteiger partial charge on any atom is 0.252 e. The molecule has 0 aliphatic heterocycles. The maximum atomic E-state index is 13.2. The highest BCUT2D eigenvalue weighted by Crippen LogP contribution is 2.27. The SMILES string of the molecule is CCc1ccccc1Nc1cc(C(=O)N[C@H]2CCCC[C@H]2C)c2ccccc2n1. The summed E-state index contributed by atoms with van der Waals surface area (Å²) in [6.07, 6.45) is 5.63. The van der Waals surface area contributed by atoms with E-state index in [1.165, 1.54) is 24.8 Å². The first kappa shape index (κ1) is 19.4. The molecule has 150 valence electrons. The molecule has 29 heavy (non-hydrogen) atoms. The molecule has 0 spiro atoms. The summed E-state index contributed by atoms with van der Waals surface area (Å²) in [7, 11) is 0. The Labute approximate surface area is 172 Å². The minimum absolute atomic E-state index is 0.00539. The van der Waals surface area contributed by atoms with E-state index in [0.29, 0.717) is 17.3 Å². The predicted octanol–water partition coefficient (Wildman–Crippen LogP) is 5.85. The number of aryl methyl sites for hydroxylation is 1.